The molecule has 0 bridgehead atoms. The van der Waals surface area contributed by atoms with Gasteiger partial charge in [0, 0.05) is 6.04 Å². The van der Waals surface area contributed by atoms with E-state index in [1.807, 2.05) is 27.7 Å². The van der Waals surface area contributed by atoms with Crippen LogP contribution >= 0.6 is 0 Å². The van der Waals surface area contributed by atoms with Gasteiger partial charge in [-0.1, -0.05) is 62.3 Å². The minimum absolute atomic E-state index is 0. The molecule has 0 saturated heterocycles. The average Bonchev–Trinajstić information content (AvgIpc) is 2.48. The van der Waals surface area contributed by atoms with E-state index in [1.165, 1.54) is 25.7 Å². The Bertz CT molecular complexity index is 186. The Morgan fingerprint density at radius 3 is 1.61 bits per heavy atom. The highest BCUT2D eigenvalue weighted by atomic mass is 19.3. The molecule has 1 unspecified atom stereocenters. The lowest BCUT2D eigenvalue weighted by Gasteiger charge is -2.15. The van der Waals surface area contributed by atoms with Crippen LogP contribution in [0.1, 0.15) is 81.6 Å². The Morgan fingerprint density at radius 1 is 1.13 bits per heavy atom. The van der Waals surface area contributed by atoms with Gasteiger partial charge in [-0.3, -0.25) is 4.79 Å². The normalized spacial score (nSPS) is 8.83. The predicted molar refractivity (Wildman–Crippen MR) is 101 cm³/mol. The zero-order valence-corrected chi connectivity index (χ0v) is 15.9. The second-order valence-corrected chi connectivity index (χ2v) is 4.19. The van der Waals surface area contributed by atoms with Crippen LogP contribution < -0.4 is 5.32 Å². The fourth-order valence-corrected chi connectivity index (χ4v) is 1.32. The van der Waals surface area contributed by atoms with E-state index in [1.54, 1.807) is 0 Å². The van der Waals surface area contributed by atoms with E-state index >= 15 is 0 Å². The highest BCUT2D eigenvalue weighted by molar-refractivity contribution is 5.32. The van der Waals surface area contributed by atoms with E-state index in [0.717, 1.165) is 12.0 Å². The van der Waals surface area contributed by atoms with Crippen LogP contribution in [-0.4, -0.2) is 24.7 Å². The van der Waals surface area contributed by atoms with Crippen molar-refractivity contribution >= 4 is 6.47 Å². The van der Waals surface area contributed by atoms with E-state index in [-0.39, 0.29) is 13.9 Å². The summed E-state index contributed by atoms with van der Waals surface area (Å²) in [4.78, 5) is 8.36. The zero-order valence-electron chi connectivity index (χ0n) is 15.9. The molecular formula is C18H43F2NO2. The topological polar surface area (TPSA) is 49.3 Å². The molecule has 0 amide bonds. The SMILES string of the molecule is C.C=C(F)F.CC.CC.CCCC(CCC(C)C)NC.O=CO. The zero-order chi connectivity index (χ0) is 19.0. The van der Waals surface area contributed by atoms with Crippen LogP contribution in [0, 0.1) is 5.92 Å². The molecule has 0 aliphatic carbocycles. The Morgan fingerprint density at radius 2 is 1.43 bits per heavy atom. The number of hydrogen-bond donors (Lipinski definition) is 2. The quantitative estimate of drug-likeness (QED) is 0.534. The first-order valence-electron chi connectivity index (χ1n) is 8.10. The number of carbonyl (C=O) groups is 1. The molecule has 0 spiro atoms. The molecule has 0 aromatic rings. The average molecular weight is 344 g/mol. The van der Waals surface area contributed by atoms with Gasteiger partial charge in [0.15, 0.2) is 0 Å². The van der Waals surface area contributed by atoms with Crippen molar-refractivity contribution in [3.63, 3.8) is 0 Å². The molecule has 0 aromatic carbocycles. The second kappa shape index (κ2) is 42.9. The van der Waals surface area contributed by atoms with Gasteiger partial charge in [-0.05, 0) is 38.8 Å². The molecule has 0 aliphatic rings. The third-order valence-corrected chi connectivity index (χ3v) is 2.14. The van der Waals surface area contributed by atoms with Crippen LogP contribution in [0.2, 0.25) is 0 Å². The molecule has 0 aromatic heterocycles. The smallest absolute Gasteiger partial charge is 0.290 e. The Balaban J connectivity index is -0.0000000504. The summed E-state index contributed by atoms with van der Waals surface area (Å²) in [5.41, 5.74) is 0. The monoisotopic (exact) mass is 343 g/mol. The first-order chi connectivity index (χ1) is 10.3. The highest BCUT2D eigenvalue weighted by Crippen LogP contribution is 2.09. The first kappa shape index (κ1) is 37.9. The Hall–Kier alpha value is -0.970. The fourth-order valence-electron chi connectivity index (χ4n) is 1.32. The second-order valence-electron chi connectivity index (χ2n) is 4.19. The number of nitrogens with one attached hydrogen (secondary N) is 1. The third kappa shape index (κ3) is 93.4. The maximum Gasteiger partial charge on any atom is 0.290 e. The minimum Gasteiger partial charge on any atom is -0.483 e. The summed E-state index contributed by atoms with van der Waals surface area (Å²) in [5, 5.41) is 10.2. The molecule has 0 heterocycles. The Labute approximate surface area is 144 Å². The lowest BCUT2D eigenvalue weighted by Crippen LogP contribution is -2.25. The number of rotatable bonds is 6. The van der Waals surface area contributed by atoms with Crippen LogP contribution in [0.5, 0.6) is 0 Å². The number of halogens is 2. The van der Waals surface area contributed by atoms with Crippen molar-refractivity contribution in [1.29, 1.82) is 0 Å². The maximum atomic E-state index is 10.1. The summed E-state index contributed by atoms with van der Waals surface area (Å²) in [6.07, 6.45) is 3.47. The van der Waals surface area contributed by atoms with Crippen LogP contribution in [0.3, 0.4) is 0 Å². The van der Waals surface area contributed by atoms with E-state index in [0.29, 0.717) is 0 Å². The van der Waals surface area contributed by atoms with E-state index in [4.69, 9.17) is 9.90 Å². The summed E-state index contributed by atoms with van der Waals surface area (Å²) in [6, 6.07) is 0.752. The van der Waals surface area contributed by atoms with Crippen LogP contribution in [0.25, 0.3) is 0 Å². The molecule has 0 saturated carbocycles. The van der Waals surface area contributed by atoms with Crippen LogP contribution in [0.15, 0.2) is 12.7 Å². The van der Waals surface area contributed by atoms with E-state index in [9.17, 15) is 8.78 Å². The Kier molecular flexibility index (Phi) is 70.7. The predicted octanol–water partition coefficient (Wildman–Crippen LogP) is 6.60. The van der Waals surface area contributed by atoms with Gasteiger partial charge in [-0.15, -0.1) is 0 Å². The molecule has 1 atom stereocenters. The van der Waals surface area contributed by atoms with Crippen molar-refractivity contribution in [2.24, 2.45) is 5.92 Å². The molecular weight excluding hydrogens is 300 g/mol. The lowest BCUT2D eigenvalue weighted by atomic mass is 10.0. The highest BCUT2D eigenvalue weighted by Gasteiger charge is 2.04. The first-order valence-corrected chi connectivity index (χ1v) is 8.10. The standard InChI is InChI=1S/C10H23N.C2H2F2.2C2H6.CH2O2.CH4/c1-5-6-10(11-4)8-7-9(2)3;1-2(3)4;2*1-2;2-1-3;/h9-11H,5-8H2,1-4H3;1H2;2*1-2H3;1H,(H,2,3);1H4. The summed E-state index contributed by atoms with van der Waals surface area (Å²) >= 11 is 0. The fraction of sp³-hybridized carbons (Fsp3) is 0.833. The van der Waals surface area contributed by atoms with E-state index < -0.39 is 6.08 Å². The third-order valence-electron chi connectivity index (χ3n) is 2.14. The lowest BCUT2D eigenvalue weighted by molar-refractivity contribution is -0.122. The molecule has 5 heteroatoms. The number of hydrogen-bond acceptors (Lipinski definition) is 2. The van der Waals surface area contributed by atoms with Crippen molar-refractivity contribution in [1.82, 2.24) is 5.32 Å². The minimum atomic E-state index is -1.83. The van der Waals surface area contributed by atoms with Gasteiger partial charge < -0.3 is 10.4 Å². The van der Waals surface area contributed by atoms with Crippen molar-refractivity contribution in [3.05, 3.63) is 12.7 Å². The van der Waals surface area contributed by atoms with Gasteiger partial charge in [-0.25, -0.2) is 0 Å². The molecule has 146 valence electrons. The molecule has 3 nitrogen and oxygen atoms in total. The van der Waals surface area contributed by atoms with Crippen LogP contribution in [-0.2, 0) is 4.79 Å². The molecule has 23 heavy (non-hydrogen) atoms. The van der Waals surface area contributed by atoms with Gasteiger partial charge in [0.2, 0.25) is 0 Å². The maximum absolute atomic E-state index is 10.1. The molecule has 0 rings (SSSR count). The number of carboxylic acid groups (broad SMARTS) is 1. The van der Waals surface area contributed by atoms with Gasteiger partial charge in [0.05, 0.1) is 0 Å². The molecule has 0 aliphatic heterocycles. The molecule has 0 radical (unpaired) electrons. The van der Waals surface area contributed by atoms with Gasteiger partial charge >= 0.3 is 0 Å². The molecule has 2 N–H and O–H groups in total. The van der Waals surface area contributed by atoms with Crippen molar-refractivity contribution < 1.29 is 18.7 Å². The summed E-state index contributed by atoms with van der Waals surface area (Å²) in [5.74, 6) is 0.850. The summed E-state index contributed by atoms with van der Waals surface area (Å²) in [6.45, 7) is 16.8. The summed E-state index contributed by atoms with van der Waals surface area (Å²) in [7, 11) is 2.07. The summed E-state index contributed by atoms with van der Waals surface area (Å²) < 4.78 is 20.3. The van der Waals surface area contributed by atoms with Gasteiger partial charge in [-0.2, -0.15) is 8.78 Å². The van der Waals surface area contributed by atoms with E-state index in [2.05, 4.69) is 39.7 Å². The van der Waals surface area contributed by atoms with Crippen molar-refractivity contribution in [2.45, 2.75) is 87.6 Å². The largest absolute Gasteiger partial charge is 0.483 e. The van der Waals surface area contributed by atoms with Gasteiger partial charge in [0.25, 0.3) is 12.6 Å². The van der Waals surface area contributed by atoms with Crippen LogP contribution in [0.4, 0.5) is 8.78 Å². The van der Waals surface area contributed by atoms with Crippen molar-refractivity contribution in [2.75, 3.05) is 7.05 Å². The molecule has 0 fully saturated rings. The van der Waals surface area contributed by atoms with Crippen molar-refractivity contribution in [3.8, 4) is 0 Å². The van der Waals surface area contributed by atoms with Gasteiger partial charge in [0.1, 0.15) is 0 Å².